The molecule has 1 heterocycles. The third-order valence-corrected chi connectivity index (χ3v) is 2.95. The Bertz CT molecular complexity index is 407. The van der Waals surface area contributed by atoms with Gasteiger partial charge in [-0.2, -0.15) is 0 Å². The number of carboxylic acids is 1. The molecule has 0 fully saturated rings. The van der Waals surface area contributed by atoms with Gasteiger partial charge >= 0.3 is 5.97 Å². The van der Waals surface area contributed by atoms with E-state index in [2.05, 4.69) is 0 Å². The molecule has 3 heteroatoms. The average Bonchev–Trinajstić information content (AvgIpc) is 2.63. The van der Waals surface area contributed by atoms with Crippen molar-refractivity contribution in [3.8, 4) is 5.75 Å². The molecule has 0 atom stereocenters. The zero-order valence-corrected chi connectivity index (χ0v) is 8.91. The zero-order chi connectivity index (χ0) is 11.1. The fourth-order valence-corrected chi connectivity index (χ4v) is 1.70. The fourth-order valence-electron chi connectivity index (χ4n) is 1.70. The molecule has 0 radical (unpaired) electrons. The molecule has 2 rings (SSSR count). The first-order chi connectivity index (χ1) is 7.01. The van der Waals surface area contributed by atoms with E-state index in [1.807, 2.05) is 18.2 Å². The van der Waals surface area contributed by atoms with Crippen molar-refractivity contribution in [2.75, 3.05) is 6.61 Å². The highest BCUT2D eigenvalue weighted by Crippen LogP contribution is 2.31. The van der Waals surface area contributed by atoms with E-state index in [-0.39, 0.29) is 0 Å². The van der Waals surface area contributed by atoms with Gasteiger partial charge in [-0.1, -0.05) is 12.1 Å². The van der Waals surface area contributed by atoms with Gasteiger partial charge in [0.2, 0.25) is 0 Å². The highest BCUT2D eigenvalue weighted by molar-refractivity contribution is 5.80. The van der Waals surface area contributed by atoms with Crippen LogP contribution in [0.15, 0.2) is 18.2 Å². The molecule has 15 heavy (non-hydrogen) atoms. The molecule has 0 amide bonds. The SMILES string of the molecule is CC(C)(C(=O)O)c1ccc2c(c1)CCO2. The topological polar surface area (TPSA) is 46.5 Å². The minimum atomic E-state index is -0.836. The van der Waals surface area contributed by atoms with E-state index >= 15 is 0 Å². The summed E-state index contributed by atoms with van der Waals surface area (Å²) in [5.41, 5.74) is 1.11. The number of fused-ring (bicyclic) bond motifs is 1. The molecule has 1 aromatic carbocycles. The van der Waals surface area contributed by atoms with E-state index in [0.717, 1.165) is 23.3 Å². The van der Waals surface area contributed by atoms with Gasteiger partial charge in [0.25, 0.3) is 0 Å². The fraction of sp³-hybridized carbons (Fsp3) is 0.417. The lowest BCUT2D eigenvalue weighted by atomic mass is 9.84. The first-order valence-corrected chi connectivity index (χ1v) is 5.01. The number of ether oxygens (including phenoxy) is 1. The summed E-state index contributed by atoms with van der Waals surface area (Å²) in [7, 11) is 0. The molecule has 80 valence electrons. The molecular weight excluding hydrogens is 192 g/mol. The Labute approximate surface area is 88.7 Å². The molecule has 0 aliphatic carbocycles. The van der Waals surface area contributed by atoms with Gasteiger partial charge < -0.3 is 9.84 Å². The van der Waals surface area contributed by atoms with Crippen molar-refractivity contribution in [2.24, 2.45) is 0 Å². The number of carbonyl (C=O) groups is 1. The molecule has 0 unspecified atom stereocenters. The van der Waals surface area contributed by atoms with Crippen LogP contribution in [0.5, 0.6) is 5.75 Å². The normalized spacial score (nSPS) is 14.5. The number of carboxylic acid groups (broad SMARTS) is 1. The van der Waals surface area contributed by atoms with Crippen molar-refractivity contribution in [3.05, 3.63) is 29.3 Å². The summed E-state index contributed by atoms with van der Waals surface area (Å²) >= 11 is 0. The summed E-state index contributed by atoms with van der Waals surface area (Å²) in [5.74, 6) is 0.0845. The Kier molecular flexibility index (Phi) is 2.18. The second-order valence-corrected chi connectivity index (χ2v) is 4.35. The van der Waals surface area contributed by atoms with Crippen LogP contribution in [0.3, 0.4) is 0 Å². The van der Waals surface area contributed by atoms with Crippen LogP contribution in [0.2, 0.25) is 0 Å². The summed E-state index contributed by atoms with van der Waals surface area (Å²) < 4.78 is 5.38. The maximum absolute atomic E-state index is 11.1. The summed E-state index contributed by atoms with van der Waals surface area (Å²) in [6, 6.07) is 5.64. The molecule has 0 bridgehead atoms. The van der Waals surface area contributed by atoms with Crippen LogP contribution >= 0.6 is 0 Å². The van der Waals surface area contributed by atoms with Crippen molar-refractivity contribution in [2.45, 2.75) is 25.7 Å². The third-order valence-electron chi connectivity index (χ3n) is 2.95. The van der Waals surface area contributed by atoms with Crippen LogP contribution in [0.1, 0.15) is 25.0 Å². The Balaban J connectivity index is 2.42. The van der Waals surface area contributed by atoms with Crippen molar-refractivity contribution >= 4 is 5.97 Å². The van der Waals surface area contributed by atoms with Gasteiger partial charge in [0.15, 0.2) is 0 Å². The molecule has 3 nitrogen and oxygen atoms in total. The second kappa shape index (κ2) is 3.26. The van der Waals surface area contributed by atoms with Gasteiger partial charge in [-0.05, 0) is 31.0 Å². The average molecular weight is 206 g/mol. The van der Waals surface area contributed by atoms with Gasteiger partial charge in [-0.15, -0.1) is 0 Å². The van der Waals surface area contributed by atoms with E-state index in [1.54, 1.807) is 13.8 Å². The lowest BCUT2D eigenvalue weighted by Crippen LogP contribution is -2.28. The van der Waals surface area contributed by atoms with Crippen LogP contribution in [-0.2, 0) is 16.6 Å². The van der Waals surface area contributed by atoms with E-state index in [0.29, 0.717) is 6.61 Å². The van der Waals surface area contributed by atoms with Gasteiger partial charge in [-0.25, -0.2) is 0 Å². The smallest absolute Gasteiger partial charge is 0.313 e. The van der Waals surface area contributed by atoms with Gasteiger partial charge in [0, 0.05) is 6.42 Å². The third kappa shape index (κ3) is 1.58. The molecule has 0 spiro atoms. The van der Waals surface area contributed by atoms with E-state index in [1.165, 1.54) is 0 Å². The first-order valence-electron chi connectivity index (χ1n) is 5.01. The van der Waals surface area contributed by atoms with Gasteiger partial charge in [0.05, 0.1) is 12.0 Å². The predicted octanol–water partition coefficient (Wildman–Crippen LogP) is 1.98. The van der Waals surface area contributed by atoms with Crippen LogP contribution in [0.4, 0.5) is 0 Å². The van der Waals surface area contributed by atoms with Crippen LogP contribution in [0, 0.1) is 0 Å². The highest BCUT2D eigenvalue weighted by Gasteiger charge is 2.30. The summed E-state index contributed by atoms with van der Waals surface area (Å²) in [6.07, 6.45) is 0.874. The minimum absolute atomic E-state index is 0.701. The Morgan fingerprint density at radius 2 is 2.20 bits per heavy atom. The van der Waals surface area contributed by atoms with Crippen LogP contribution in [-0.4, -0.2) is 17.7 Å². The molecule has 1 aliphatic rings. The Morgan fingerprint density at radius 1 is 1.47 bits per heavy atom. The molecule has 1 aliphatic heterocycles. The molecular formula is C12H14O3. The molecule has 0 aromatic heterocycles. The number of hydrogen-bond acceptors (Lipinski definition) is 2. The summed E-state index contributed by atoms with van der Waals surface area (Å²) in [6.45, 7) is 4.13. The molecule has 0 saturated carbocycles. The molecule has 1 N–H and O–H groups in total. The standard InChI is InChI=1S/C12H14O3/c1-12(2,11(13)14)9-3-4-10-8(7-9)5-6-15-10/h3-4,7H,5-6H2,1-2H3,(H,13,14). The second-order valence-electron chi connectivity index (χ2n) is 4.35. The van der Waals surface area contributed by atoms with Crippen LogP contribution < -0.4 is 4.74 Å². The van der Waals surface area contributed by atoms with Crippen molar-refractivity contribution in [1.29, 1.82) is 0 Å². The maximum atomic E-state index is 11.1. The number of benzene rings is 1. The number of hydrogen-bond donors (Lipinski definition) is 1. The highest BCUT2D eigenvalue weighted by atomic mass is 16.5. The minimum Gasteiger partial charge on any atom is -0.493 e. The summed E-state index contributed by atoms with van der Waals surface area (Å²) in [4.78, 5) is 11.1. The Morgan fingerprint density at radius 3 is 2.87 bits per heavy atom. The monoisotopic (exact) mass is 206 g/mol. The quantitative estimate of drug-likeness (QED) is 0.804. The van der Waals surface area contributed by atoms with E-state index < -0.39 is 11.4 Å². The lowest BCUT2D eigenvalue weighted by Gasteiger charge is -2.20. The van der Waals surface area contributed by atoms with Crippen molar-refractivity contribution in [1.82, 2.24) is 0 Å². The zero-order valence-electron chi connectivity index (χ0n) is 8.91. The predicted molar refractivity (Wildman–Crippen MR) is 56.3 cm³/mol. The number of rotatable bonds is 2. The van der Waals surface area contributed by atoms with Crippen molar-refractivity contribution < 1.29 is 14.6 Å². The van der Waals surface area contributed by atoms with Crippen molar-refractivity contribution in [3.63, 3.8) is 0 Å². The van der Waals surface area contributed by atoms with E-state index in [4.69, 9.17) is 9.84 Å². The maximum Gasteiger partial charge on any atom is 0.313 e. The lowest BCUT2D eigenvalue weighted by molar-refractivity contribution is -0.142. The first kappa shape index (κ1) is 10.0. The molecule has 1 aromatic rings. The van der Waals surface area contributed by atoms with Crippen LogP contribution in [0.25, 0.3) is 0 Å². The summed E-state index contributed by atoms with van der Waals surface area (Å²) in [5, 5.41) is 9.11. The largest absolute Gasteiger partial charge is 0.493 e. The van der Waals surface area contributed by atoms with Gasteiger partial charge in [-0.3, -0.25) is 4.79 Å². The Hall–Kier alpha value is -1.51. The van der Waals surface area contributed by atoms with E-state index in [9.17, 15) is 4.79 Å². The number of aliphatic carboxylic acids is 1. The molecule has 0 saturated heterocycles. The van der Waals surface area contributed by atoms with Gasteiger partial charge in [0.1, 0.15) is 5.75 Å².